The molecule has 8 heteroatoms. The van der Waals surface area contributed by atoms with E-state index in [1.54, 1.807) is 25.6 Å². The minimum absolute atomic E-state index is 0.117. The Kier molecular flexibility index (Phi) is 7.30. The Morgan fingerprint density at radius 3 is 2.62 bits per heavy atom. The lowest BCUT2D eigenvalue weighted by Gasteiger charge is -2.33. The Morgan fingerprint density at radius 1 is 1.08 bits per heavy atom. The molecule has 0 amide bonds. The Hall–Kier alpha value is -4.30. The number of allylic oxidation sites excluding steroid dienone is 1. The Labute approximate surface area is 232 Å². The highest BCUT2D eigenvalue weighted by atomic mass is 32.1. The van der Waals surface area contributed by atoms with Crippen molar-refractivity contribution in [3.63, 3.8) is 0 Å². The molecule has 2 aromatic heterocycles. The van der Waals surface area contributed by atoms with E-state index >= 15 is 0 Å². The van der Waals surface area contributed by atoms with Crippen molar-refractivity contribution in [3.8, 4) is 22.6 Å². The summed E-state index contributed by atoms with van der Waals surface area (Å²) in [6.45, 7) is 8.45. The van der Waals surface area contributed by atoms with Crippen molar-refractivity contribution in [2.75, 3.05) is 17.9 Å². The number of nitrogens with one attached hydrogen (secondary N) is 2. The van der Waals surface area contributed by atoms with Crippen LogP contribution in [-0.4, -0.2) is 23.6 Å². The maximum absolute atomic E-state index is 12.9. The van der Waals surface area contributed by atoms with Crippen molar-refractivity contribution < 1.29 is 19.1 Å². The summed E-state index contributed by atoms with van der Waals surface area (Å²) >= 11 is 1.43. The molecule has 1 aliphatic heterocycles. The summed E-state index contributed by atoms with van der Waals surface area (Å²) in [4.78, 5) is 24.4. The first-order chi connectivity index (χ1) is 18.7. The van der Waals surface area contributed by atoms with Crippen LogP contribution in [0.15, 0.2) is 73.1 Å². The second-order valence-corrected chi connectivity index (χ2v) is 11.3. The van der Waals surface area contributed by atoms with E-state index in [2.05, 4.69) is 48.7 Å². The number of hydrogen-bond acceptors (Lipinski definition) is 8. The van der Waals surface area contributed by atoms with Crippen LogP contribution < -0.4 is 20.4 Å². The van der Waals surface area contributed by atoms with E-state index in [9.17, 15) is 4.79 Å². The minimum Gasteiger partial charge on any atom is -0.496 e. The zero-order chi connectivity index (χ0) is 27.6. The number of aromatic nitrogens is 1. The number of rotatable bonds is 8. The molecule has 2 N–H and O–H groups in total. The Bertz CT molecular complexity index is 1540. The lowest BCUT2D eigenvalue weighted by atomic mass is 9.85. The molecule has 0 saturated carbocycles. The van der Waals surface area contributed by atoms with Crippen molar-refractivity contribution in [2.24, 2.45) is 0 Å². The van der Waals surface area contributed by atoms with E-state index in [1.165, 1.54) is 11.3 Å². The van der Waals surface area contributed by atoms with Gasteiger partial charge in [-0.15, -0.1) is 11.3 Å². The number of carbonyl (C=O) groups is 1. The number of thiophene rings is 1. The zero-order valence-corrected chi connectivity index (χ0v) is 23.4. The molecule has 4 aromatic rings. The van der Waals surface area contributed by atoms with E-state index in [1.807, 2.05) is 49.4 Å². The van der Waals surface area contributed by atoms with Gasteiger partial charge in [-0.2, -0.15) is 0 Å². The molecule has 0 bridgehead atoms. The third-order valence-corrected chi connectivity index (χ3v) is 7.42. The lowest BCUT2D eigenvalue weighted by Crippen LogP contribution is -2.32. The van der Waals surface area contributed by atoms with Gasteiger partial charge < -0.3 is 19.6 Å². The van der Waals surface area contributed by atoms with E-state index in [0.29, 0.717) is 16.4 Å². The van der Waals surface area contributed by atoms with Crippen molar-refractivity contribution >= 4 is 34.3 Å². The van der Waals surface area contributed by atoms with E-state index in [-0.39, 0.29) is 18.1 Å². The SMILES string of the molecule is COc1cc(ONc2cccnc2)ccc1-c1ccc2c(c1COC(=O)c1ccc(C)s1)C(C)=CC(C)(C)N2. The standard InChI is InChI=1S/C31H31N3O4S/c1-19-16-31(3,4)33-26-12-11-23(25(29(19)26)18-37-30(35)28-13-8-20(2)39-28)24-10-9-22(15-27(24)36-5)38-34-21-7-6-14-32-17-21/h6-17,33-34H,18H2,1-5H3. The van der Waals surface area contributed by atoms with Crippen LogP contribution in [-0.2, 0) is 11.3 Å². The van der Waals surface area contributed by atoms with E-state index in [4.69, 9.17) is 14.3 Å². The maximum atomic E-state index is 12.9. The third kappa shape index (κ3) is 5.76. The van der Waals surface area contributed by atoms with Crippen LogP contribution in [0.4, 0.5) is 11.4 Å². The monoisotopic (exact) mass is 541 g/mol. The number of benzene rings is 2. The highest BCUT2D eigenvalue weighted by molar-refractivity contribution is 7.13. The minimum atomic E-state index is -0.334. The summed E-state index contributed by atoms with van der Waals surface area (Å²) < 4.78 is 11.7. The molecule has 0 saturated heterocycles. The number of esters is 1. The molecule has 39 heavy (non-hydrogen) atoms. The van der Waals surface area contributed by atoms with Crippen molar-refractivity contribution in [1.82, 2.24) is 4.98 Å². The molecule has 0 unspecified atom stereocenters. The molecule has 200 valence electrons. The van der Waals surface area contributed by atoms with E-state index in [0.717, 1.165) is 44.1 Å². The first-order valence-corrected chi connectivity index (χ1v) is 13.4. The predicted octanol–water partition coefficient (Wildman–Crippen LogP) is 7.50. The average Bonchev–Trinajstić information content (AvgIpc) is 3.36. The van der Waals surface area contributed by atoms with Gasteiger partial charge in [0.25, 0.3) is 0 Å². The number of ether oxygens (including phenoxy) is 2. The van der Waals surface area contributed by atoms with Gasteiger partial charge in [-0.3, -0.25) is 4.98 Å². The van der Waals surface area contributed by atoms with Crippen LogP contribution in [0.1, 0.15) is 46.4 Å². The lowest BCUT2D eigenvalue weighted by molar-refractivity contribution is 0.0479. The van der Waals surface area contributed by atoms with Crippen LogP contribution in [0.2, 0.25) is 0 Å². The summed E-state index contributed by atoms with van der Waals surface area (Å²) in [7, 11) is 1.63. The molecule has 7 nitrogen and oxygen atoms in total. The van der Waals surface area contributed by atoms with Gasteiger partial charge in [-0.25, -0.2) is 10.3 Å². The van der Waals surface area contributed by atoms with Gasteiger partial charge in [0.15, 0.2) is 5.75 Å². The normalized spacial score (nSPS) is 13.5. The smallest absolute Gasteiger partial charge is 0.348 e. The predicted molar refractivity (Wildman–Crippen MR) is 156 cm³/mol. The Balaban J connectivity index is 1.52. The highest BCUT2D eigenvalue weighted by Gasteiger charge is 2.27. The first kappa shape index (κ1) is 26.3. The zero-order valence-electron chi connectivity index (χ0n) is 22.6. The number of hydrogen-bond donors (Lipinski definition) is 2. The van der Waals surface area contributed by atoms with Crippen molar-refractivity contribution in [3.05, 3.63) is 93.9 Å². The van der Waals surface area contributed by atoms with Crippen molar-refractivity contribution in [2.45, 2.75) is 39.8 Å². The molecular formula is C31H31N3O4S. The van der Waals surface area contributed by atoms with Crippen LogP contribution >= 0.6 is 11.3 Å². The third-order valence-electron chi connectivity index (χ3n) is 6.44. The molecule has 1 aliphatic rings. The van der Waals surface area contributed by atoms with Gasteiger partial charge in [0.2, 0.25) is 0 Å². The van der Waals surface area contributed by atoms with Gasteiger partial charge in [-0.05, 0) is 81.3 Å². The number of carbonyl (C=O) groups excluding carboxylic acids is 1. The molecule has 0 spiro atoms. The number of aryl methyl sites for hydroxylation is 1. The number of pyridine rings is 1. The van der Waals surface area contributed by atoms with Gasteiger partial charge in [-0.1, -0.05) is 12.1 Å². The van der Waals surface area contributed by atoms with Gasteiger partial charge >= 0.3 is 5.97 Å². The molecule has 3 heterocycles. The van der Waals surface area contributed by atoms with Gasteiger partial charge in [0.1, 0.15) is 17.2 Å². The van der Waals surface area contributed by atoms with Crippen LogP contribution in [0.5, 0.6) is 11.5 Å². The number of methoxy groups -OCH3 is 1. The average molecular weight is 542 g/mol. The van der Waals surface area contributed by atoms with Gasteiger partial charge in [0.05, 0.1) is 24.5 Å². The fourth-order valence-corrected chi connectivity index (χ4v) is 5.61. The molecule has 0 fully saturated rings. The number of fused-ring (bicyclic) bond motifs is 1. The second kappa shape index (κ2) is 10.8. The summed E-state index contributed by atoms with van der Waals surface area (Å²) in [6, 6.07) is 17.2. The topological polar surface area (TPSA) is 81.7 Å². The molecule has 0 aliphatic carbocycles. The molecule has 0 radical (unpaired) electrons. The molecular weight excluding hydrogens is 510 g/mol. The maximum Gasteiger partial charge on any atom is 0.348 e. The first-order valence-electron chi connectivity index (χ1n) is 12.6. The van der Waals surface area contributed by atoms with Gasteiger partial charge in [0, 0.05) is 39.5 Å². The largest absolute Gasteiger partial charge is 0.496 e. The fourth-order valence-electron chi connectivity index (χ4n) is 4.85. The highest BCUT2D eigenvalue weighted by Crippen LogP contribution is 2.43. The summed E-state index contributed by atoms with van der Waals surface area (Å²) in [5.74, 6) is 0.880. The number of nitrogens with zero attached hydrogens (tertiary/aromatic N) is 1. The quantitative estimate of drug-likeness (QED) is 0.177. The fraction of sp³-hybridized carbons (Fsp3) is 0.226. The molecule has 5 rings (SSSR count). The van der Waals surface area contributed by atoms with Crippen molar-refractivity contribution in [1.29, 1.82) is 0 Å². The summed E-state index contributed by atoms with van der Waals surface area (Å²) in [6.07, 6.45) is 5.58. The molecule has 2 aromatic carbocycles. The van der Waals surface area contributed by atoms with E-state index < -0.39 is 0 Å². The van der Waals surface area contributed by atoms with Crippen LogP contribution in [0.25, 0.3) is 16.7 Å². The molecule has 0 atom stereocenters. The summed E-state index contributed by atoms with van der Waals surface area (Å²) in [5, 5.41) is 3.60. The Morgan fingerprint density at radius 2 is 1.90 bits per heavy atom. The van der Waals surface area contributed by atoms with Crippen LogP contribution in [0.3, 0.4) is 0 Å². The summed E-state index contributed by atoms with van der Waals surface area (Å²) in [5.41, 5.74) is 9.28. The van der Waals surface area contributed by atoms with Crippen LogP contribution in [0, 0.1) is 6.92 Å². The second-order valence-electron chi connectivity index (χ2n) is 9.98. The number of anilines is 2.